The third kappa shape index (κ3) is 1.74. The fourth-order valence-electron chi connectivity index (χ4n) is 3.82. The standard InChI is InChI=1S/C18H26N2/c1-11-12(2)14(4)18-17(13(11)3)15(5)16-7-8-19(6)9-10-20(16)18/h7-10H2,1-6H3. The molecule has 2 nitrogen and oxygen atoms in total. The summed E-state index contributed by atoms with van der Waals surface area (Å²) in [4.78, 5) is 2.45. The fourth-order valence-corrected chi connectivity index (χ4v) is 3.82. The first-order chi connectivity index (χ1) is 9.43. The molecule has 0 saturated heterocycles. The molecular weight excluding hydrogens is 244 g/mol. The number of rotatable bonds is 0. The lowest BCUT2D eigenvalue weighted by Gasteiger charge is -2.16. The summed E-state index contributed by atoms with van der Waals surface area (Å²) in [6.45, 7) is 14.9. The van der Waals surface area contributed by atoms with Crippen molar-refractivity contribution in [3.05, 3.63) is 33.5 Å². The van der Waals surface area contributed by atoms with Crippen molar-refractivity contribution in [3.63, 3.8) is 0 Å². The Labute approximate surface area is 122 Å². The number of aromatic nitrogens is 1. The van der Waals surface area contributed by atoms with E-state index < -0.39 is 0 Å². The highest BCUT2D eigenvalue weighted by atomic mass is 15.1. The largest absolute Gasteiger partial charge is 0.343 e. The number of hydrogen-bond acceptors (Lipinski definition) is 1. The van der Waals surface area contributed by atoms with Gasteiger partial charge in [0.05, 0.1) is 5.52 Å². The average Bonchev–Trinajstić information content (AvgIpc) is 2.56. The molecule has 1 aliphatic rings. The van der Waals surface area contributed by atoms with Gasteiger partial charge in [-0.3, -0.25) is 0 Å². The molecule has 0 aliphatic carbocycles. The van der Waals surface area contributed by atoms with Crippen molar-refractivity contribution in [3.8, 4) is 0 Å². The van der Waals surface area contributed by atoms with Crippen LogP contribution in [0.4, 0.5) is 0 Å². The molecule has 0 saturated carbocycles. The molecule has 2 heteroatoms. The average molecular weight is 270 g/mol. The van der Waals surface area contributed by atoms with Gasteiger partial charge in [0.1, 0.15) is 0 Å². The van der Waals surface area contributed by atoms with Gasteiger partial charge in [-0.25, -0.2) is 0 Å². The van der Waals surface area contributed by atoms with E-state index in [0.717, 1.165) is 13.1 Å². The highest BCUT2D eigenvalue weighted by Crippen LogP contribution is 2.35. The molecule has 0 unspecified atom stereocenters. The Bertz CT molecular complexity index is 692. The van der Waals surface area contributed by atoms with Crippen LogP contribution in [-0.4, -0.2) is 29.6 Å². The van der Waals surface area contributed by atoms with Crippen molar-refractivity contribution in [2.75, 3.05) is 20.1 Å². The van der Waals surface area contributed by atoms with Gasteiger partial charge in [0.25, 0.3) is 0 Å². The van der Waals surface area contributed by atoms with Gasteiger partial charge in [-0.05, 0) is 69.5 Å². The number of fused-ring (bicyclic) bond motifs is 3. The van der Waals surface area contributed by atoms with Gasteiger partial charge in [-0.2, -0.15) is 0 Å². The van der Waals surface area contributed by atoms with E-state index in [2.05, 4.69) is 51.1 Å². The SMILES string of the molecule is Cc1c(C)c(C)c2c(c1C)c(C)c1n2CCN(C)CC1. The van der Waals surface area contributed by atoms with Crippen LogP contribution in [0, 0.1) is 34.6 Å². The summed E-state index contributed by atoms with van der Waals surface area (Å²) in [5.74, 6) is 0. The highest BCUT2D eigenvalue weighted by Gasteiger charge is 2.22. The zero-order valence-corrected chi connectivity index (χ0v) is 13.7. The van der Waals surface area contributed by atoms with Crippen LogP contribution in [0.25, 0.3) is 10.9 Å². The Hall–Kier alpha value is -1.28. The van der Waals surface area contributed by atoms with Crippen LogP contribution < -0.4 is 0 Å². The predicted molar refractivity (Wildman–Crippen MR) is 86.8 cm³/mol. The summed E-state index contributed by atoms with van der Waals surface area (Å²) in [5, 5.41) is 1.52. The van der Waals surface area contributed by atoms with Gasteiger partial charge in [0, 0.05) is 37.1 Å². The smallest absolute Gasteiger partial charge is 0.0520 e. The van der Waals surface area contributed by atoms with E-state index in [4.69, 9.17) is 0 Å². The van der Waals surface area contributed by atoms with Crippen molar-refractivity contribution in [1.29, 1.82) is 0 Å². The lowest BCUT2D eigenvalue weighted by atomic mass is 9.94. The first kappa shape index (κ1) is 13.7. The van der Waals surface area contributed by atoms with E-state index >= 15 is 0 Å². The van der Waals surface area contributed by atoms with Gasteiger partial charge >= 0.3 is 0 Å². The van der Waals surface area contributed by atoms with Crippen LogP contribution >= 0.6 is 0 Å². The number of benzene rings is 1. The molecule has 2 heterocycles. The molecule has 0 amide bonds. The predicted octanol–water partition coefficient (Wildman–Crippen LogP) is 3.67. The molecule has 1 aromatic carbocycles. The van der Waals surface area contributed by atoms with Gasteiger partial charge in [0.2, 0.25) is 0 Å². The molecule has 1 aromatic heterocycles. The summed E-state index contributed by atoms with van der Waals surface area (Å²) >= 11 is 0. The minimum absolute atomic E-state index is 1.12. The van der Waals surface area contributed by atoms with Crippen LogP contribution in [0.3, 0.4) is 0 Å². The maximum absolute atomic E-state index is 2.60. The molecule has 1 aliphatic heterocycles. The van der Waals surface area contributed by atoms with E-state index in [9.17, 15) is 0 Å². The summed E-state index contributed by atoms with van der Waals surface area (Å²) in [6.07, 6.45) is 1.17. The lowest BCUT2D eigenvalue weighted by molar-refractivity contribution is 0.342. The summed E-state index contributed by atoms with van der Waals surface area (Å²) in [7, 11) is 2.23. The third-order valence-corrected chi connectivity index (χ3v) is 5.49. The number of hydrogen-bond donors (Lipinski definition) is 0. The summed E-state index contributed by atoms with van der Waals surface area (Å²) in [5.41, 5.74) is 10.5. The maximum Gasteiger partial charge on any atom is 0.0520 e. The first-order valence-corrected chi connectivity index (χ1v) is 7.70. The van der Waals surface area contributed by atoms with Gasteiger partial charge in [0.15, 0.2) is 0 Å². The van der Waals surface area contributed by atoms with Crippen molar-refractivity contribution in [2.45, 2.75) is 47.6 Å². The normalized spacial score (nSPS) is 16.5. The Morgan fingerprint density at radius 3 is 2.05 bits per heavy atom. The second-order valence-electron chi connectivity index (χ2n) is 6.50. The third-order valence-electron chi connectivity index (χ3n) is 5.49. The molecule has 0 atom stereocenters. The fraction of sp³-hybridized carbons (Fsp3) is 0.556. The Morgan fingerprint density at radius 1 is 0.700 bits per heavy atom. The second kappa shape index (κ2) is 4.63. The van der Waals surface area contributed by atoms with Crippen LogP contribution in [0.15, 0.2) is 0 Å². The topological polar surface area (TPSA) is 8.17 Å². The highest BCUT2D eigenvalue weighted by molar-refractivity contribution is 5.93. The Morgan fingerprint density at radius 2 is 1.35 bits per heavy atom. The molecule has 0 bridgehead atoms. The van der Waals surface area contributed by atoms with E-state index in [1.54, 1.807) is 5.69 Å². The minimum atomic E-state index is 1.12. The number of likely N-dealkylation sites (N-methyl/N-ethyl adjacent to an activating group) is 1. The zero-order chi connectivity index (χ0) is 14.6. The zero-order valence-electron chi connectivity index (χ0n) is 13.7. The summed E-state index contributed by atoms with van der Waals surface area (Å²) < 4.78 is 2.60. The van der Waals surface area contributed by atoms with E-state index in [1.807, 2.05) is 0 Å². The molecular formula is C18H26N2. The van der Waals surface area contributed by atoms with Gasteiger partial charge in [-0.15, -0.1) is 0 Å². The quantitative estimate of drug-likeness (QED) is 0.709. The lowest BCUT2D eigenvalue weighted by Crippen LogP contribution is -2.21. The molecule has 20 heavy (non-hydrogen) atoms. The monoisotopic (exact) mass is 270 g/mol. The first-order valence-electron chi connectivity index (χ1n) is 7.70. The molecule has 108 valence electrons. The maximum atomic E-state index is 2.60. The van der Waals surface area contributed by atoms with E-state index in [1.165, 1.54) is 51.7 Å². The molecule has 0 fully saturated rings. The van der Waals surface area contributed by atoms with Crippen LogP contribution in [0.5, 0.6) is 0 Å². The number of aryl methyl sites for hydroxylation is 3. The minimum Gasteiger partial charge on any atom is -0.343 e. The van der Waals surface area contributed by atoms with Crippen molar-refractivity contribution in [2.24, 2.45) is 0 Å². The van der Waals surface area contributed by atoms with Gasteiger partial charge < -0.3 is 9.47 Å². The molecule has 0 spiro atoms. The van der Waals surface area contributed by atoms with Crippen LogP contribution in [-0.2, 0) is 13.0 Å². The van der Waals surface area contributed by atoms with Crippen molar-refractivity contribution >= 4 is 10.9 Å². The van der Waals surface area contributed by atoms with E-state index in [0.29, 0.717) is 0 Å². The molecule has 0 radical (unpaired) electrons. The molecule has 2 aromatic rings. The van der Waals surface area contributed by atoms with Crippen LogP contribution in [0.1, 0.15) is 33.5 Å². The summed E-state index contributed by atoms with van der Waals surface area (Å²) in [6, 6.07) is 0. The van der Waals surface area contributed by atoms with Crippen LogP contribution in [0.2, 0.25) is 0 Å². The Kier molecular flexibility index (Phi) is 3.17. The molecule has 3 rings (SSSR count). The van der Waals surface area contributed by atoms with Gasteiger partial charge in [-0.1, -0.05) is 0 Å². The number of nitrogens with zero attached hydrogens (tertiary/aromatic N) is 2. The van der Waals surface area contributed by atoms with E-state index in [-0.39, 0.29) is 0 Å². The second-order valence-corrected chi connectivity index (χ2v) is 6.50. The van der Waals surface area contributed by atoms with Crippen molar-refractivity contribution in [1.82, 2.24) is 9.47 Å². The van der Waals surface area contributed by atoms with Crippen molar-refractivity contribution < 1.29 is 0 Å². The molecule has 0 N–H and O–H groups in total. The Balaban J connectivity index is 2.40.